The first-order chi connectivity index (χ1) is 12.6. The molecule has 0 saturated carbocycles. The fourth-order valence-electron chi connectivity index (χ4n) is 2.33. The number of para-hydroxylation sites is 1. The Morgan fingerprint density at radius 1 is 0.962 bits per heavy atom. The lowest BCUT2D eigenvalue weighted by atomic mass is 10.1. The second kappa shape index (κ2) is 8.84. The molecule has 1 nitrogen and oxygen atoms in total. The van der Waals surface area contributed by atoms with Crippen molar-refractivity contribution < 1.29 is 4.39 Å². The highest BCUT2D eigenvalue weighted by Crippen LogP contribution is 2.23. The van der Waals surface area contributed by atoms with E-state index in [1.165, 1.54) is 23.9 Å². The van der Waals surface area contributed by atoms with Gasteiger partial charge < -0.3 is 0 Å². The Labute approximate surface area is 162 Å². The summed E-state index contributed by atoms with van der Waals surface area (Å²) in [7, 11) is 0. The summed E-state index contributed by atoms with van der Waals surface area (Å²) in [5, 5.41) is 2.65. The lowest BCUT2D eigenvalue weighted by Gasteiger charge is -2.05. The SMILES string of the molecule is Cc1ccccc1N=C(/C=C/Sc1ccc(F)cc1)c1ccc(Cl)cc1. The lowest BCUT2D eigenvalue weighted by molar-refractivity contribution is 0.626. The van der Waals surface area contributed by atoms with Crippen molar-refractivity contribution in [2.75, 3.05) is 0 Å². The van der Waals surface area contributed by atoms with E-state index in [0.29, 0.717) is 5.02 Å². The van der Waals surface area contributed by atoms with Crippen LogP contribution in [0.4, 0.5) is 10.1 Å². The maximum atomic E-state index is 13.0. The molecule has 3 aromatic rings. The molecule has 130 valence electrons. The molecule has 3 aromatic carbocycles. The van der Waals surface area contributed by atoms with Crippen LogP contribution < -0.4 is 0 Å². The number of halogens is 2. The third-order valence-corrected chi connectivity index (χ3v) is 4.81. The van der Waals surface area contributed by atoms with Crippen molar-refractivity contribution in [1.29, 1.82) is 0 Å². The second-order valence-electron chi connectivity index (χ2n) is 5.66. The van der Waals surface area contributed by atoms with E-state index in [0.717, 1.165) is 27.4 Å². The van der Waals surface area contributed by atoms with Gasteiger partial charge in [-0.15, -0.1) is 0 Å². The maximum Gasteiger partial charge on any atom is 0.123 e. The molecule has 0 aliphatic rings. The smallest absolute Gasteiger partial charge is 0.123 e. The highest BCUT2D eigenvalue weighted by Gasteiger charge is 2.03. The molecule has 0 N–H and O–H groups in total. The first-order valence-corrected chi connectivity index (χ1v) is 9.36. The van der Waals surface area contributed by atoms with Gasteiger partial charge in [-0.25, -0.2) is 9.38 Å². The van der Waals surface area contributed by atoms with Gasteiger partial charge in [0.25, 0.3) is 0 Å². The number of aliphatic imine (C=N–C) groups is 1. The zero-order valence-electron chi connectivity index (χ0n) is 14.2. The molecule has 4 heteroatoms. The van der Waals surface area contributed by atoms with Crippen LogP contribution in [0.15, 0.2) is 94.2 Å². The number of hydrogen-bond donors (Lipinski definition) is 0. The number of benzene rings is 3. The van der Waals surface area contributed by atoms with Gasteiger partial charge in [-0.3, -0.25) is 0 Å². The van der Waals surface area contributed by atoms with Crippen molar-refractivity contribution in [3.8, 4) is 0 Å². The zero-order valence-corrected chi connectivity index (χ0v) is 15.8. The van der Waals surface area contributed by atoms with E-state index in [-0.39, 0.29) is 5.82 Å². The standard InChI is InChI=1S/C22H17ClFNS/c1-16-4-2-3-5-21(16)25-22(17-6-8-18(23)9-7-17)14-15-26-20-12-10-19(24)11-13-20/h2-15H,1H3/b15-14+,25-22?. The molecule has 0 saturated heterocycles. The van der Waals surface area contributed by atoms with Crippen molar-refractivity contribution in [1.82, 2.24) is 0 Å². The van der Waals surface area contributed by atoms with Gasteiger partial charge in [0.15, 0.2) is 0 Å². The lowest BCUT2D eigenvalue weighted by Crippen LogP contribution is -1.96. The number of hydrogen-bond acceptors (Lipinski definition) is 2. The molecule has 0 bridgehead atoms. The van der Waals surface area contributed by atoms with Crippen LogP contribution in [0.2, 0.25) is 5.02 Å². The Morgan fingerprint density at radius 2 is 1.65 bits per heavy atom. The first-order valence-electron chi connectivity index (χ1n) is 8.11. The molecule has 26 heavy (non-hydrogen) atoms. The topological polar surface area (TPSA) is 12.4 Å². The minimum atomic E-state index is -0.235. The molecule has 0 heterocycles. The Balaban J connectivity index is 1.90. The molecule has 0 atom stereocenters. The number of thioether (sulfide) groups is 1. The van der Waals surface area contributed by atoms with Gasteiger partial charge in [-0.2, -0.15) is 0 Å². The number of rotatable bonds is 5. The van der Waals surface area contributed by atoms with Crippen molar-refractivity contribution in [3.05, 3.63) is 106 Å². The Morgan fingerprint density at radius 3 is 2.35 bits per heavy atom. The molecular formula is C22H17ClFNS. The predicted octanol–water partition coefficient (Wildman–Crippen LogP) is 7.21. The molecule has 0 aliphatic carbocycles. The average molecular weight is 382 g/mol. The van der Waals surface area contributed by atoms with Crippen molar-refractivity contribution >= 4 is 34.8 Å². The van der Waals surface area contributed by atoms with Gasteiger partial charge >= 0.3 is 0 Å². The van der Waals surface area contributed by atoms with Crippen LogP contribution in [-0.4, -0.2) is 5.71 Å². The maximum absolute atomic E-state index is 13.0. The van der Waals surface area contributed by atoms with E-state index in [9.17, 15) is 4.39 Å². The fourth-order valence-corrected chi connectivity index (χ4v) is 3.10. The summed E-state index contributed by atoms with van der Waals surface area (Å²) in [5.74, 6) is -0.235. The molecule has 0 fully saturated rings. The van der Waals surface area contributed by atoms with Gasteiger partial charge in [0.2, 0.25) is 0 Å². The second-order valence-corrected chi connectivity index (χ2v) is 7.08. The van der Waals surface area contributed by atoms with Crippen LogP contribution in [0.3, 0.4) is 0 Å². The molecule has 0 aromatic heterocycles. The molecular weight excluding hydrogens is 365 g/mol. The van der Waals surface area contributed by atoms with E-state index >= 15 is 0 Å². The summed E-state index contributed by atoms with van der Waals surface area (Å²) in [6.07, 6.45) is 1.96. The average Bonchev–Trinajstić information content (AvgIpc) is 2.65. The summed E-state index contributed by atoms with van der Waals surface area (Å²) in [4.78, 5) is 5.78. The third-order valence-electron chi connectivity index (χ3n) is 3.74. The van der Waals surface area contributed by atoms with Crippen LogP contribution in [0.25, 0.3) is 0 Å². The fraction of sp³-hybridized carbons (Fsp3) is 0.0455. The minimum Gasteiger partial charge on any atom is -0.248 e. The van der Waals surface area contributed by atoms with E-state index in [2.05, 4.69) is 0 Å². The number of nitrogens with zero attached hydrogens (tertiary/aromatic N) is 1. The molecule has 0 amide bonds. The van der Waals surface area contributed by atoms with Gasteiger partial charge in [0.1, 0.15) is 5.82 Å². The molecule has 0 spiro atoms. The summed E-state index contributed by atoms with van der Waals surface area (Å²) >= 11 is 7.52. The largest absolute Gasteiger partial charge is 0.248 e. The van der Waals surface area contributed by atoms with Crippen LogP contribution in [0.5, 0.6) is 0 Å². The Hall–Kier alpha value is -2.36. The van der Waals surface area contributed by atoms with Crippen LogP contribution in [-0.2, 0) is 0 Å². The normalized spacial score (nSPS) is 11.9. The summed E-state index contributed by atoms with van der Waals surface area (Å²) < 4.78 is 13.0. The summed E-state index contributed by atoms with van der Waals surface area (Å²) in [6.45, 7) is 2.04. The number of aryl methyl sites for hydroxylation is 1. The molecule has 0 unspecified atom stereocenters. The predicted molar refractivity (Wildman–Crippen MR) is 110 cm³/mol. The monoisotopic (exact) mass is 381 g/mol. The third kappa shape index (κ3) is 5.07. The van der Waals surface area contributed by atoms with E-state index in [4.69, 9.17) is 16.6 Å². The van der Waals surface area contributed by atoms with Gasteiger partial charge in [-0.05, 0) is 66.4 Å². The van der Waals surface area contributed by atoms with Crippen molar-refractivity contribution in [2.45, 2.75) is 11.8 Å². The summed E-state index contributed by atoms with van der Waals surface area (Å²) in [5.41, 5.74) is 3.85. The van der Waals surface area contributed by atoms with E-state index < -0.39 is 0 Å². The summed E-state index contributed by atoms with van der Waals surface area (Å²) in [6, 6.07) is 22.0. The highest BCUT2D eigenvalue weighted by atomic mass is 35.5. The van der Waals surface area contributed by atoms with Crippen molar-refractivity contribution in [2.24, 2.45) is 4.99 Å². The molecule has 0 aliphatic heterocycles. The molecule has 3 rings (SSSR count). The first kappa shape index (κ1) is 18.4. The van der Waals surface area contributed by atoms with Gasteiger partial charge in [0.05, 0.1) is 11.4 Å². The minimum absolute atomic E-state index is 0.235. The molecule has 0 radical (unpaired) electrons. The van der Waals surface area contributed by atoms with E-state index in [1.807, 2.05) is 66.9 Å². The van der Waals surface area contributed by atoms with Crippen LogP contribution >= 0.6 is 23.4 Å². The Bertz CT molecular complexity index is 931. The van der Waals surface area contributed by atoms with Crippen LogP contribution in [0.1, 0.15) is 11.1 Å². The van der Waals surface area contributed by atoms with E-state index in [1.54, 1.807) is 12.1 Å². The van der Waals surface area contributed by atoms with Crippen LogP contribution in [0, 0.1) is 12.7 Å². The van der Waals surface area contributed by atoms with Crippen molar-refractivity contribution in [3.63, 3.8) is 0 Å². The van der Waals surface area contributed by atoms with Gasteiger partial charge in [-0.1, -0.05) is 53.7 Å². The quantitative estimate of drug-likeness (QED) is 0.336. The number of allylic oxidation sites excluding steroid dienone is 1. The van der Waals surface area contributed by atoms with Gasteiger partial charge in [0, 0.05) is 15.5 Å². The highest BCUT2D eigenvalue weighted by molar-refractivity contribution is 8.02. The Kier molecular flexibility index (Phi) is 6.26. The zero-order chi connectivity index (χ0) is 18.4.